The molecule has 0 saturated heterocycles. The van der Waals surface area contributed by atoms with Gasteiger partial charge in [-0.3, -0.25) is 0 Å². The van der Waals surface area contributed by atoms with Gasteiger partial charge in [-0.25, -0.2) is 0 Å². The lowest BCUT2D eigenvalue weighted by atomic mass is 10.2. The summed E-state index contributed by atoms with van der Waals surface area (Å²) in [4.78, 5) is 0. The minimum atomic E-state index is 0.387. The first-order chi connectivity index (χ1) is 7.72. The van der Waals surface area contributed by atoms with Crippen LogP contribution in [-0.2, 0) is 0 Å². The van der Waals surface area contributed by atoms with Gasteiger partial charge in [0.05, 0.1) is 20.8 Å². The summed E-state index contributed by atoms with van der Waals surface area (Å²) in [5.41, 5.74) is 0. The Bertz CT molecular complexity index is 306. The Balaban J connectivity index is 2.82. The van der Waals surface area contributed by atoms with Gasteiger partial charge in [-0.1, -0.05) is 13.0 Å². The number of rotatable bonds is 6. The van der Waals surface area contributed by atoms with Crippen LogP contribution in [0.1, 0.15) is 6.92 Å². The SMILES string of the molecule is COc1cccc(OC)c1OCC(C)CS. The normalized spacial score (nSPS) is 12.0. The van der Waals surface area contributed by atoms with Gasteiger partial charge in [-0.05, 0) is 23.8 Å². The summed E-state index contributed by atoms with van der Waals surface area (Å²) in [6.07, 6.45) is 0. The Morgan fingerprint density at radius 3 is 2.19 bits per heavy atom. The molecule has 1 aromatic rings. The molecule has 90 valence electrons. The maximum absolute atomic E-state index is 5.70. The lowest BCUT2D eigenvalue weighted by molar-refractivity contribution is 0.245. The van der Waals surface area contributed by atoms with E-state index in [0.717, 1.165) is 5.75 Å². The third-order valence-electron chi connectivity index (χ3n) is 2.21. The fourth-order valence-corrected chi connectivity index (χ4v) is 1.34. The van der Waals surface area contributed by atoms with Gasteiger partial charge in [-0.2, -0.15) is 12.6 Å². The van der Waals surface area contributed by atoms with E-state index >= 15 is 0 Å². The zero-order chi connectivity index (χ0) is 12.0. The quantitative estimate of drug-likeness (QED) is 0.777. The lowest BCUT2D eigenvalue weighted by Crippen LogP contribution is -2.10. The van der Waals surface area contributed by atoms with Crippen LogP contribution in [0.4, 0.5) is 0 Å². The molecule has 0 aromatic heterocycles. The van der Waals surface area contributed by atoms with Crippen LogP contribution in [0.2, 0.25) is 0 Å². The Morgan fingerprint density at radius 1 is 1.19 bits per heavy atom. The zero-order valence-electron chi connectivity index (χ0n) is 9.90. The first-order valence-electron chi connectivity index (χ1n) is 5.17. The van der Waals surface area contributed by atoms with Gasteiger partial charge in [0.1, 0.15) is 0 Å². The Morgan fingerprint density at radius 2 is 1.75 bits per heavy atom. The molecular formula is C12H18O3S. The molecule has 0 bridgehead atoms. The molecule has 1 atom stereocenters. The molecule has 0 aliphatic rings. The van der Waals surface area contributed by atoms with Crippen molar-refractivity contribution < 1.29 is 14.2 Å². The van der Waals surface area contributed by atoms with E-state index in [2.05, 4.69) is 19.6 Å². The fourth-order valence-electron chi connectivity index (χ4n) is 1.24. The summed E-state index contributed by atoms with van der Waals surface area (Å²) >= 11 is 4.22. The van der Waals surface area contributed by atoms with E-state index in [4.69, 9.17) is 14.2 Å². The summed E-state index contributed by atoms with van der Waals surface area (Å²) in [5, 5.41) is 0. The number of benzene rings is 1. The van der Waals surface area contributed by atoms with Crippen molar-refractivity contribution in [2.45, 2.75) is 6.92 Å². The van der Waals surface area contributed by atoms with Gasteiger partial charge >= 0.3 is 0 Å². The van der Waals surface area contributed by atoms with Crippen molar-refractivity contribution in [1.29, 1.82) is 0 Å². The van der Waals surface area contributed by atoms with Crippen molar-refractivity contribution in [3.05, 3.63) is 18.2 Å². The van der Waals surface area contributed by atoms with E-state index in [0.29, 0.717) is 29.8 Å². The number of thiol groups is 1. The van der Waals surface area contributed by atoms with Crippen LogP contribution in [0.5, 0.6) is 17.2 Å². The highest BCUT2D eigenvalue weighted by atomic mass is 32.1. The van der Waals surface area contributed by atoms with E-state index in [-0.39, 0.29) is 0 Å². The first-order valence-corrected chi connectivity index (χ1v) is 5.80. The highest BCUT2D eigenvalue weighted by molar-refractivity contribution is 7.80. The van der Waals surface area contributed by atoms with Crippen LogP contribution in [-0.4, -0.2) is 26.6 Å². The molecule has 0 N–H and O–H groups in total. The molecule has 3 nitrogen and oxygen atoms in total. The highest BCUT2D eigenvalue weighted by Gasteiger charge is 2.12. The average Bonchev–Trinajstić information content (AvgIpc) is 2.35. The summed E-state index contributed by atoms with van der Waals surface area (Å²) < 4.78 is 16.2. The molecule has 1 rings (SSSR count). The molecule has 0 fully saturated rings. The molecule has 0 amide bonds. The lowest BCUT2D eigenvalue weighted by Gasteiger charge is -2.16. The molecule has 0 saturated carbocycles. The number of hydrogen-bond acceptors (Lipinski definition) is 4. The Labute approximate surface area is 102 Å². The molecule has 4 heteroatoms. The summed E-state index contributed by atoms with van der Waals surface area (Å²) in [6, 6.07) is 5.57. The molecule has 16 heavy (non-hydrogen) atoms. The van der Waals surface area contributed by atoms with Crippen molar-refractivity contribution in [2.24, 2.45) is 5.92 Å². The number of para-hydroxylation sites is 1. The maximum Gasteiger partial charge on any atom is 0.203 e. The smallest absolute Gasteiger partial charge is 0.203 e. The molecule has 0 spiro atoms. The van der Waals surface area contributed by atoms with Crippen LogP contribution >= 0.6 is 12.6 Å². The molecule has 0 aliphatic heterocycles. The van der Waals surface area contributed by atoms with Gasteiger partial charge in [0.15, 0.2) is 11.5 Å². The van der Waals surface area contributed by atoms with Gasteiger partial charge in [-0.15, -0.1) is 0 Å². The van der Waals surface area contributed by atoms with Crippen molar-refractivity contribution in [2.75, 3.05) is 26.6 Å². The minimum Gasteiger partial charge on any atom is -0.493 e. The van der Waals surface area contributed by atoms with Crippen LogP contribution < -0.4 is 14.2 Å². The van der Waals surface area contributed by atoms with Crippen molar-refractivity contribution >= 4 is 12.6 Å². The van der Waals surface area contributed by atoms with Crippen molar-refractivity contribution in [3.63, 3.8) is 0 Å². The molecule has 1 aromatic carbocycles. The maximum atomic E-state index is 5.70. The second-order valence-corrected chi connectivity index (χ2v) is 3.96. The zero-order valence-corrected chi connectivity index (χ0v) is 10.8. The third kappa shape index (κ3) is 3.23. The molecular weight excluding hydrogens is 224 g/mol. The molecule has 0 heterocycles. The molecule has 1 unspecified atom stereocenters. The standard InChI is InChI=1S/C12H18O3S/c1-9(8-16)7-15-12-10(13-2)5-4-6-11(12)14-3/h4-6,9,16H,7-8H2,1-3H3. The van der Waals surface area contributed by atoms with Gasteiger partial charge in [0.2, 0.25) is 5.75 Å². The minimum absolute atomic E-state index is 0.387. The summed E-state index contributed by atoms with van der Waals surface area (Å²) in [5.74, 6) is 3.20. The highest BCUT2D eigenvalue weighted by Crippen LogP contribution is 2.36. The predicted molar refractivity (Wildman–Crippen MR) is 68.1 cm³/mol. The van der Waals surface area contributed by atoms with Crippen LogP contribution in [0.3, 0.4) is 0 Å². The van der Waals surface area contributed by atoms with E-state index in [1.807, 2.05) is 18.2 Å². The van der Waals surface area contributed by atoms with Crippen molar-refractivity contribution in [1.82, 2.24) is 0 Å². The second-order valence-electron chi connectivity index (χ2n) is 3.59. The second kappa shape index (κ2) is 6.53. The number of hydrogen-bond donors (Lipinski definition) is 1. The third-order valence-corrected chi connectivity index (χ3v) is 2.83. The Hall–Kier alpha value is -1.03. The number of ether oxygens (including phenoxy) is 3. The average molecular weight is 242 g/mol. The Kier molecular flexibility index (Phi) is 5.32. The monoisotopic (exact) mass is 242 g/mol. The van der Waals surface area contributed by atoms with E-state index in [1.165, 1.54) is 0 Å². The predicted octanol–water partition coefficient (Wildman–Crippen LogP) is 2.65. The largest absolute Gasteiger partial charge is 0.493 e. The van der Waals surface area contributed by atoms with E-state index < -0.39 is 0 Å². The number of methoxy groups -OCH3 is 2. The van der Waals surface area contributed by atoms with Crippen LogP contribution in [0, 0.1) is 5.92 Å². The first kappa shape index (κ1) is 13.0. The summed E-state index contributed by atoms with van der Waals surface area (Å²) in [6.45, 7) is 2.68. The van der Waals surface area contributed by atoms with Gasteiger partial charge in [0, 0.05) is 0 Å². The molecule has 0 aliphatic carbocycles. The van der Waals surface area contributed by atoms with Gasteiger partial charge < -0.3 is 14.2 Å². The van der Waals surface area contributed by atoms with Gasteiger partial charge in [0.25, 0.3) is 0 Å². The van der Waals surface area contributed by atoms with Crippen LogP contribution in [0.25, 0.3) is 0 Å². The summed E-state index contributed by atoms with van der Waals surface area (Å²) in [7, 11) is 3.23. The fraction of sp³-hybridized carbons (Fsp3) is 0.500. The van der Waals surface area contributed by atoms with Crippen molar-refractivity contribution in [3.8, 4) is 17.2 Å². The topological polar surface area (TPSA) is 27.7 Å². The van der Waals surface area contributed by atoms with E-state index in [9.17, 15) is 0 Å². The van der Waals surface area contributed by atoms with Crippen LogP contribution in [0.15, 0.2) is 18.2 Å². The molecule has 0 radical (unpaired) electrons. The van der Waals surface area contributed by atoms with E-state index in [1.54, 1.807) is 14.2 Å².